The Morgan fingerprint density at radius 2 is 1.97 bits per heavy atom. The molecule has 3 aromatic rings. The zero-order chi connectivity index (χ0) is 25.2. The Balaban J connectivity index is 1.36. The number of hydrogen-bond donors (Lipinski definition) is 1. The first kappa shape index (κ1) is 25.2. The van der Waals surface area contributed by atoms with E-state index < -0.39 is 11.9 Å². The van der Waals surface area contributed by atoms with Crippen LogP contribution < -0.4 is 10.2 Å². The van der Waals surface area contributed by atoms with Crippen LogP contribution in [0.4, 0.5) is 26.5 Å². The first-order valence-electron chi connectivity index (χ1n) is 11.9. The van der Waals surface area contributed by atoms with E-state index in [1.165, 1.54) is 17.7 Å². The lowest BCUT2D eigenvalue weighted by Gasteiger charge is -2.28. The van der Waals surface area contributed by atoms with E-state index in [2.05, 4.69) is 36.5 Å². The van der Waals surface area contributed by atoms with Crippen LogP contribution in [0.5, 0.6) is 0 Å². The fourth-order valence-corrected chi connectivity index (χ4v) is 3.69. The molecule has 1 saturated heterocycles. The Bertz CT molecular complexity index is 1200. The molecule has 10 heteroatoms. The van der Waals surface area contributed by atoms with Crippen molar-refractivity contribution < 1.29 is 18.7 Å². The van der Waals surface area contributed by atoms with E-state index in [4.69, 9.17) is 9.47 Å². The third-order valence-electron chi connectivity index (χ3n) is 5.48. The Kier molecular flexibility index (Phi) is 8.87. The molecule has 9 nitrogen and oxygen atoms in total. The van der Waals surface area contributed by atoms with Gasteiger partial charge in [0.25, 0.3) is 0 Å². The van der Waals surface area contributed by atoms with Gasteiger partial charge in [-0.25, -0.2) is 19.2 Å². The number of nitrogens with zero attached hydrogens (tertiary/aromatic N) is 5. The maximum Gasteiger partial charge on any atom is 0.411 e. The maximum atomic E-state index is 13.7. The van der Waals surface area contributed by atoms with Crippen LogP contribution in [0.2, 0.25) is 0 Å². The predicted octanol–water partition coefficient (Wildman–Crippen LogP) is 5.23. The lowest BCUT2D eigenvalue weighted by molar-refractivity contribution is 0.122. The number of morpholine rings is 1. The summed E-state index contributed by atoms with van der Waals surface area (Å²) in [5.41, 5.74) is 2.32. The third-order valence-corrected chi connectivity index (χ3v) is 5.48. The molecule has 4 rings (SSSR count). The molecule has 0 radical (unpaired) electrons. The highest BCUT2D eigenvalue weighted by Crippen LogP contribution is 2.21. The number of anilines is 2. The van der Waals surface area contributed by atoms with Crippen molar-refractivity contribution in [2.75, 3.05) is 43.1 Å². The van der Waals surface area contributed by atoms with E-state index in [0.29, 0.717) is 44.2 Å². The molecule has 0 atom stereocenters. The van der Waals surface area contributed by atoms with E-state index in [1.807, 2.05) is 31.2 Å². The maximum absolute atomic E-state index is 13.7. The van der Waals surface area contributed by atoms with Crippen LogP contribution in [0.15, 0.2) is 64.8 Å². The SMILES string of the molecule is Cc1cccc(CN=Nc2cc(N3CCOCC3)nc(CCCOC(=O)Nc3ccccc3F)n2)c1. The van der Waals surface area contributed by atoms with Crippen molar-refractivity contribution in [3.8, 4) is 0 Å². The smallest absolute Gasteiger partial charge is 0.411 e. The molecule has 1 aliphatic heterocycles. The summed E-state index contributed by atoms with van der Waals surface area (Å²) in [5.74, 6) is 1.31. The number of aromatic nitrogens is 2. The average Bonchev–Trinajstić information content (AvgIpc) is 2.88. The van der Waals surface area contributed by atoms with E-state index >= 15 is 0 Å². The minimum absolute atomic E-state index is 0.0738. The highest BCUT2D eigenvalue weighted by Gasteiger charge is 2.15. The Morgan fingerprint density at radius 3 is 2.78 bits per heavy atom. The van der Waals surface area contributed by atoms with Crippen LogP contribution in [0.3, 0.4) is 0 Å². The summed E-state index contributed by atoms with van der Waals surface area (Å²) in [7, 11) is 0. The third kappa shape index (κ3) is 7.54. The number of ether oxygens (including phenoxy) is 2. The standard InChI is InChI=1S/C26H29FN6O3/c1-19-6-4-7-20(16-19)18-28-32-24-17-25(33-11-14-35-15-12-33)31-23(30-24)10-5-13-36-26(34)29-22-9-3-2-8-21(22)27/h2-4,6-9,16-17H,5,10-15,18H2,1H3,(H,29,34). The number of halogens is 1. The van der Waals surface area contributed by atoms with Gasteiger partial charge in [-0.3, -0.25) is 5.32 Å². The monoisotopic (exact) mass is 492 g/mol. The number of aryl methyl sites for hydroxylation is 2. The van der Waals surface area contributed by atoms with Crippen LogP contribution in [0, 0.1) is 12.7 Å². The van der Waals surface area contributed by atoms with Gasteiger partial charge in [0.15, 0.2) is 5.82 Å². The Labute approximate surface area is 209 Å². The first-order valence-corrected chi connectivity index (χ1v) is 11.9. The quantitative estimate of drug-likeness (QED) is 0.324. The van der Waals surface area contributed by atoms with Crippen molar-refractivity contribution in [3.63, 3.8) is 0 Å². The molecular weight excluding hydrogens is 463 g/mol. The zero-order valence-electron chi connectivity index (χ0n) is 20.2. The molecule has 0 saturated carbocycles. The second-order valence-electron chi connectivity index (χ2n) is 8.33. The summed E-state index contributed by atoms with van der Waals surface area (Å²) >= 11 is 0. The van der Waals surface area contributed by atoms with Gasteiger partial charge in [0.1, 0.15) is 17.5 Å². The molecule has 1 N–H and O–H groups in total. The van der Waals surface area contributed by atoms with Crippen molar-refractivity contribution >= 4 is 23.4 Å². The molecule has 188 valence electrons. The van der Waals surface area contributed by atoms with E-state index in [9.17, 15) is 9.18 Å². The predicted molar refractivity (Wildman–Crippen MR) is 134 cm³/mol. The topological polar surface area (TPSA) is 101 Å². The molecule has 0 bridgehead atoms. The Hall–Kier alpha value is -3.92. The van der Waals surface area contributed by atoms with Crippen molar-refractivity contribution in [1.82, 2.24) is 9.97 Å². The number of benzene rings is 2. The highest BCUT2D eigenvalue weighted by atomic mass is 19.1. The van der Waals surface area contributed by atoms with E-state index in [-0.39, 0.29) is 12.3 Å². The zero-order valence-corrected chi connectivity index (χ0v) is 20.2. The summed E-state index contributed by atoms with van der Waals surface area (Å²) in [4.78, 5) is 23.3. The molecule has 2 aromatic carbocycles. The number of azo groups is 1. The second kappa shape index (κ2) is 12.7. The van der Waals surface area contributed by atoms with Gasteiger partial charge in [-0.15, -0.1) is 5.11 Å². The lowest BCUT2D eigenvalue weighted by atomic mass is 10.1. The van der Waals surface area contributed by atoms with Crippen LogP contribution in [0.25, 0.3) is 0 Å². The van der Waals surface area contributed by atoms with Crippen LogP contribution in [-0.2, 0) is 22.4 Å². The molecule has 1 amide bonds. The summed E-state index contributed by atoms with van der Waals surface area (Å²) in [6.45, 7) is 5.36. The molecule has 1 fully saturated rings. The molecular formula is C26H29FN6O3. The molecule has 0 aliphatic carbocycles. The Morgan fingerprint density at radius 1 is 1.14 bits per heavy atom. The van der Waals surface area contributed by atoms with E-state index in [0.717, 1.165) is 24.5 Å². The van der Waals surface area contributed by atoms with Gasteiger partial charge in [-0.1, -0.05) is 42.0 Å². The van der Waals surface area contributed by atoms with Crippen LogP contribution >= 0.6 is 0 Å². The number of nitrogens with one attached hydrogen (secondary N) is 1. The van der Waals surface area contributed by atoms with Crippen molar-refractivity contribution in [3.05, 3.63) is 77.4 Å². The lowest BCUT2D eigenvalue weighted by Crippen LogP contribution is -2.36. The first-order chi connectivity index (χ1) is 17.6. The van der Waals surface area contributed by atoms with Gasteiger partial charge in [0.2, 0.25) is 0 Å². The number of para-hydroxylation sites is 1. The molecule has 1 aromatic heterocycles. The second-order valence-corrected chi connectivity index (χ2v) is 8.33. The number of carbonyl (C=O) groups excluding carboxylic acids is 1. The van der Waals surface area contributed by atoms with Gasteiger partial charge >= 0.3 is 6.09 Å². The van der Waals surface area contributed by atoms with Gasteiger partial charge < -0.3 is 14.4 Å². The van der Waals surface area contributed by atoms with E-state index in [1.54, 1.807) is 12.1 Å². The molecule has 36 heavy (non-hydrogen) atoms. The average molecular weight is 493 g/mol. The van der Waals surface area contributed by atoms with Gasteiger partial charge in [-0.2, -0.15) is 5.11 Å². The van der Waals surface area contributed by atoms with Crippen LogP contribution in [0.1, 0.15) is 23.4 Å². The summed E-state index contributed by atoms with van der Waals surface area (Å²) in [6.07, 6.45) is 0.261. The van der Waals surface area contributed by atoms with Crippen molar-refractivity contribution in [2.45, 2.75) is 26.3 Å². The van der Waals surface area contributed by atoms with Gasteiger partial charge in [-0.05, 0) is 31.0 Å². The fraction of sp³-hybridized carbons (Fsp3) is 0.346. The van der Waals surface area contributed by atoms with Crippen molar-refractivity contribution in [2.24, 2.45) is 10.2 Å². The van der Waals surface area contributed by atoms with Gasteiger partial charge in [0.05, 0.1) is 32.1 Å². The number of rotatable bonds is 9. The molecule has 0 spiro atoms. The minimum atomic E-state index is -0.714. The molecule has 1 aliphatic rings. The number of carbonyl (C=O) groups is 1. The summed E-state index contributed by atoms with van der Waals surface area (Å²) in [6, 6.07) is 15.9. The summed E-state index contributed by atoms with van der Waals surface area (Å²) in [5, 5.41) is 11.1. The largest absolute Gasteiger partial charge is 0.449 e. The number of amides is 1. The molecule has 2 heterocycles. The van der Waals surface area contributed by atoms with Crippen molar-refractivity contribution in [1.29, 1.82) is 0 Å². The summed E-state index contributed by atoms with van der Waals surface area (Å²) < 4.78 is 24.3. The number of hydrogen-bond acceptors (Lipinski definition) is 8. The van der Waals surface area contributed by atoms with Gasteiger partial charge in [0, 0.05) is 25.6 Å². The molecule has 0 unspecified atom stereocenters. The minimum Gasteiger partial charge on any atom is -0.449 e. The fourth-order valence-electron chi connectivity index (χ4n) is 3.69. The normalized spacial score (nSPS) is 13.7. The highest BCUT2D eigenvalue weighted by molar-refractivity contribution is 5.84. The van der Waals surface area contributed by atoms with Crippen LogP contribution in [-0.4, -0.2) is 49.0 Å².